The smallest absolute Gasteiger partial charge is 0.308 e. The number of carboxylic acid groups (broad SMARTS) is 1. The van der Waals surface area contributed by atoms with E-state index in [0.29, 0.717) is 28.3 Å². The molecule has 2 heterocycles. The number of aromatic nitrogens is 2. The van der Waals surface area contributed by atoms with E-state index in [9.17, 15) is 14.7 Å². The van der Waals surface area contributed by atoms with Gasteiger partial charge in [0.05, 0.1) is 22.6 Å². The lowest BCUT2D eigenvalue weighted by Gasteiger charge is -2.25. The molecule has 0 aliphatic heterocycles. The van der Waals surface area contributed by atoms with Crippen LogP contribution in [0.2, 0.25) is 0 Å². The second-order valence-electron chi connectivity index (χ2n) is 7.25. The van der Waals surface area contributed by atoms with Crippen molar-refractivity contribution in [3.63, 3.8) is 0 Å². The van der Waals surface area contributed by atoms with Crippen LogP contribution in [0.15, 0.2) is 10.6 Å². The first-order valence-corrected chi connectivity index (χ1v) is 8.76. The third-order valence-corrected chi connectivity index (χ3v) is 5.00. The number of aryl methyl sites for hydroxylation is 1. The Morgan fingerprint density at radius 3 is 2.68 bits per heavy atom. The fourth-order valence-corrected chi connectivity index (χ4v) is 3.18. The Kier molecular flexibility index (Phi) is 3.74. The molecule has 0 bridgehead atoms. The molecule has 1 amide bonds. The lowest BCUT2D eigenvalue weighted by Crippen LogP contribution is -2.38. The molecule has 0 aromatic carbocycles. The molecule has 2 saturated carbocycles. The van der Waals surface area contributed by atoms with Crippen molar-refractivity contribution in [2.75, 3.05) is 6.54 Å². The normalized spacial score (nSPS) is 18.3. The van der Waals surface area contributed by atoms with Crippen molar-refractivity contribution in [1.29, 1.82) is 0 Å². The number of hydrogen-bond acceptors (Lipinski definition) is 5. The van der Waals surface area contributed by atoms with Gasteiger partial charge in [0.1, 0.15) is 0 Å². The summed E-state index contributed by atoms with van der Waals surface area (Å²) < 4.78 is 5.31. The zero-order chi connectivity index (χ0) is 17.7. The molecule has 1 atom stereocenters. The highest BCUT2D eigenvalue weighted by Gasteiger charge is 2.37. The van der Waals surface area contributed by atoms with E-state index < -0.39 is 11.9 Å². The SMILES string of the molecule is Cc1noc2nc(C3CC3)cc(C(=O)N(CC(C)C(=O)O)C3CC3)c12. The van der Waals surface area contributed by atoms with Gasteiger partial charge in [0, 0.05) is 24.2 Å². The molecule has 0 saturated heterocycles. The monoisotopic (exact) mass is 343 g/mol. The number of hydrogen-bond donors (Lipinski definition) is 1. The van der Waals surface area contributed by atoms with Gasteiger partial charge in [-0.2, -0.15) is 0 Å². The number of rotatable bonds is 6. The number of carbonyl (C=O) groups is 2. The number of fused-ring (bicyclic) bond motifs is 1. The second kappa shape index (κ2) is 5.82. The molecule has 132 valence electrons. The molecule has 1 unspecified atom stereocenters. The Balaban J connectivity index is 1.74. The summed E-state index contributed by atoms with van der Waals surface area (Å²) in [6.07, 6.45) is 3.98. The maximum absolute atomic E-state index is 13.3. The van der Waals surface area contributed by atoms with Crippen LogP contribution in [0.5, 0.6) is 0 Å². The molecule has 2 aliphatic carbocycles. The van der Waals surface area contributed by atoms with E-state index in [0.717, 1.165) is 31.4 Å². The Labute approximate surface area is 145 Å². The zero-order valence-corrected chi connectivity index (χ0v) is 14.4. The van der Waals surface area contributed by atoms with E-state index in [1.54, 1.807) is 18.7 Å². The Hall–Kier alpha value is -2.44. The van der Waals surface area contributed by atoms with Crippen molar-refractivity contribution in [2.45, 2.75) is 51.5 Å². The minimum absolute atomic E-state index is 0.127. The summed E-state index contributed by atoms with van der Waals surface area (Å²) in [5.41, 5.74) is 2.44. The van der Waals surface area contributed by atoms with Gasteiger partial charge < -0.3 is 14.5 Å². The van der Waals surface area contributed by atoms with Gasteiger partial charge in [-0.1, -0.05) is 12.1 Å². The standard InChI is InChI=1S/C18H21N3O4/c1-9(18(23)24)8-21(12-5-6-12)17(22)13-7-14(11-3-4-11)19-16-15(13)10(2)20-25-16/h7,9,11-12H,3-6,8H2,1-2H3,(H,23,24). The van der Waals surface area contributed by atoms with Crippen LogP contribution in [0.1, 0.15) is 60.3 Å². The number of amides is 1. The number of pyridine rings is 1. The largest absolute Gasteiger partial charge is 0.481 e. The average Bonchev–Trinajstić information content (AvgIpc) is 3.49. The fourth-order valence-electron chi connectivity index (χ4n) is 3.18. The molecule has 0 radical (unpaired) electrons. The number of carboxylic acids is 1. The van der Waals surface area contributed by atoms with Crippen molar-refractivity contribution < 1.29 is 19.2 Å². The highest BCUT2D eigenvalue weighted by atomic mass is 16.5. The maximum Gasteiger partial charge on any atom is 0.308 e. The van der Waals surface area contributed by atoms with E-state index in [1.165, 1.54) is 0 Å². The fraction of sp³-hybridized carbons (Fsp3) is 0.556. The molecule has 25 heavy (non-hydrogen) atoms. The predicted octanol–water partition coefficient (Wildman–Crippen LogP) is 2.73. The van der Waals surface area contributed by atoms with Crippen LogP contribution in [0.25, 0.3) is 11.1 Å². The van der Waals surface area contributed by atoms with Crippen LogP contribution in [-0.4, -0.2) is 44.6 Å². The van der Waals surface area contributed by atoms with Gasteiger partial charge in [0.2, 0.25) is 0 Å². The van der Waals surface area contributed by atoms with Crippen molar-refractivity contribution in [3.8, 4) is 0 Å². The van der Waals surface area contributed by atoms with Gasteiger partial charge in [-0.3, -0.25) is 9.59 Å². The van der Waals surface area contributed by atoms with E-state index in [2.05, 4.69) is 10.1 Å². The maximum atomic E-state index is 13.3. The first-order valence-electron chi connectivity index (χ1n) is 8.76. The molecule has 1 N–H and O–H groups in total. The van der Waals surface area contributed by atoms with Crippen LogP contribution in [-0.2, 0) is 4.79 Å². The highest BCUT2D eigenvalue weighted by molar-refractivity contribution is 6.06. The molecule has 2 aliphatic rings. The van der Waals surface area contributed by atoms with Crippen molar-refractivity contribution >= 4 is 23.0 Å². The van der Waals surface area contributed by atoms with Gasteiger partial charge in [-0.05, 0) is 38.7 Å². The summed E-state index contributed by atoms with van der Waals surface area (Å²) in [6.45, 7) is 3.64. The Bertz CT molecular complexity index is 851. The summed E-state index contributed by atoms with van der Waals surface area (Å²) in [7, 11) is 0. The summed E-state index contributed by atoms with van der Waals surface area (Å²) in [5.74, 6) is -1.25. The molecule has 2 fully saturated rings. The predicted molar refractivity (Wildman–Crippen MR) is 89.4 cm³/mol. The van der Waals surface area contributed by atoms with Crippen LogP contribution in [0.4, 0.5) is 0 Å². The highest BCUT2D eigenvalue weighted by Crippen LogP contribution is 2.41. The Morgan fingerprint density at radius 1 is 1.36 bits per heavy atom. The van der Waals surface area contributed by atoms with Crippen molar-refractivity contribution in [1.82, 2.24) is 15.0 Å². The number of aliphatic carboxylic acids is 1. The zero-order valence-electron chi connectivity index (χ0n) is 14.4. The first kappa shape index (κ1) is 16.1. The molecule has 2 aromatic heterocycles. The minimum atomic E-state index is -0.891. The van der Waals surface area contributed by atoms with E-state index in [4.69, 9.17) is 4.52 Å². The summed E-state index contributed by atoms with van der Waals surface area (Å²) in [6, 6.07) is 1.98. The molecule has 4 rings (SSSR count). The van der Waals surface area contributed by atoms with Gasteiger partial charge >= 0.3 is 5.97 Å². The van der Waals surface area contributed by atoms with E-state index in [-0.39, 0.29) is 18.5 Å². The van der Waals surface area contributed by atoms with Gasteiger partial charge in [0.25, 0.3) is 11.6 Å². The van der Waals surface area contributed by atoms with E-state index in [1.807, 2.05) is 6.07 Å². The molecular weight excluding hydrogens is 322 g/mol. The lowest BCUT2D eigenvalue weighted by atomic mass is 10.1. The molecular formula is C18H21N3O4. The first-order chi connectivity index (χ1) is 12.0. The summed E-state index contributed by atoms with van der Waals surface area (Å²) in [4.78, 5) is 30.7. The van der Waals surface area contributed by atoms with Gasteiger partial charge in [-0.15, -0.1) is 0 Å². The van der Waals surface area contributed by atoms with Gasteiger partial charge in [-0.25, -0.2) is 4.98 Å². The van der Waals surface area contributed by atoms with Crippen molar-refractivity contribution in [3.05, 3.63) is 23.0 Å². The van der Waals surface area contributed by atoms with Crippen molar-refractivity contribution in [2.24, 2.45) is 5.92 Å². The lowest BCUT2D eigenvalue weighted by molar-refractivity contribution is -0.141. The second-order valence-corrected chi connectivity index (χ2v) is 7.25. The summed E-state index contributed by atoms with van der Waals surface area (Å²) >= 11 is 0. The third-order valence-electron chi connectivity index (χ3n) is 5.00. The topological polar surface area (TPSA) is 96.5 Å². The molecule has 7 heteroatoms. The Morgan fingerprint density at radius 2 is 2.08 bits per heavy atom. The molecule has 2 aromatic rings. The molecule has 7 nitrogen and oxygen atoms in total. The average molecular weight is 343 g/mol. The van der Waals surface area contributed by atoms with Crippen LogP contribution in [0, 0.1) is 12.8 Å². The van der Waals surface area contributed by atoms with Crippen LogP contribution < -0.4 is 0 Å². The quantitative estimate of drug-likeness (QED) is 0.866. The third kappa shape index (κ3) is 2.99. The van der Waals surface area contributed by atoms with Crippen LogP contribution >= 0.6 is 0 Å². The van der Waals surface area contributed by atoms with Crippen LogP contribution in [0.3, 0.4) is 0 Å². The minimum Gasteiger partial charge on any atom is -0.481 e. The van der Waals surface area contributed by atoms with Gasteiger partial charge in [0.15, 0.2) is 0 Å². The van der Waals surface area contributed by atoms with E-state index >= 15 is 0 Å². The molecule has 0 spiro atoms. The summed E-state index contributed by atoms with van der Waals surface area (Å²) in [5, 5.41) is 13.8. The number of carbonyl (C=O) groups excluding carboxylic acids is 1. The number of nitrogens with zero attached hydrogens (tertiary/aromatic N) is 3.